The number of rotatable bonds is 2. The molecular formula is C24H33Cl2NOTi. The van der Waals surface area contributed by atoms with Crippen molar-refractivity contribution in [3.05, 3.63) is 57.6 Å². The maximum absolute atomic E-state index is 10.9. The van der Waals surface area contributed by atoms with E-state index in [0.717, 1.165) is 11.1 Å². The summed E-state index contributed by atoms with van der Waals surface area (Å²) in [5, 5.41) is 10.9. The zero-order valence-electron chi connectivity index (χ0n) is 19.0. The molecule has 0 spiro atoms. The zero-order valence-corrected chi connectivity index (χ0v) is 22.1. The molecule has 2 rings (SSSR count). The van der Waals surface area contributed by atoms with Gasteiger partial charge >= 0.3 is 35.6 Å². The Hall–Kier alpha value is -0.796. The van der Waals surface area contributed by atoms with Gasteiger partial charge in [-0.1, -0.05) is 65.3 Å². The van der Waals surface area contributed by atoms with Crippen LogP contribution in [-0.2, 0) is 27.9 Å². The topological polar surface area (TPSA) is 32.6 Å². The molecule has 0 aliphatic rings. The van der Waals surface area contributed by atoms with Crippen LogP contribution in [0, 0.1) is 20.8 Å². The summed E-state index contributed by atoms with van der Waals surface area (Å²) in [7, 11) is 9.78. The van der Waals surface area contributed by atoms with Gasteiger partial charge < -0.3 is 5.11 Å². The molecular weight excluding hydrogens is 437 g/mol. The predicted octanol–water partition coefficient (Wildman–Crippen LogP) is 8.04. The molecule has 0 aliphatic carbocycles. The number of nitrogens with zero attached hydrogens (tertiary/aromatic N) is 1. The average molecular weight is 470 g/mol. The molecule has 5 heteroatoms. The quantitative estimate of drug-likeness (QED) is 0.350. The van der Waals surface area contributed by atoms with Gasteiger partial charge in [0, 0.05) is 11.8 Å². The van der Waals surface area contributed by atoms with Gasteiger partial charge in [-0.25, -0.2) is 0 Å². The van der Waals surface area contributed by atoms with E-state index in [2.05, 4.69) is 80.5 Å². The Balaban J connectivity index is 0.00000132. The molecule has 0 saturated heterocycles. The van der Waals surface area contributed by atoms with E-state index in [-0.39, 0.29) is 16.6 Å². The van der Waals surface area contributed by atoms with Crippen molar-refractivity contribution in [1.82, 2.24) is 0 Å². The molecule has 0 aliphatic heterocycles. The first-order valence-corrected chi connectivity index (χ1v) is 14.0. The number of halogens is 2. The van der Waals surface area contributed by atoms with Crippen molar-refractivity contribution >= 4 is 30.5 Å². The molecule has 2 nitrogen and oxygen atoms in total. The normalized spacial score (nSPS) is 12.0. The zero-order chi connectivity index (χ0) is 22.6. The number of hydrogen-bond donors (Lipinski definition) is 1. The standard InChI is InChI=1S/C24H33NO.2ClH.Ti/c1-15-10-16(2)19(17(3)11-15)14-25-21-13-18(23(4,5)6)12-20(22(21)26)24(7,8)9;;;/h10-14,26H,1-9H3;2*1H;/q;;;+2/p-2. The van der Waals surface area contributed by atoms with Gasteiger partial charge in [0.1, 0.15) is 11.4 Å². The Kier molecular flexibility index (Phi) is 9.49. The number of aliphatic imine (C=N–C) groups is 1. The summed E-state index contributed by atoms with van der Waals surface area (Å²) in [5.74, 6) is 0.282. The molecule has 0 atom stereocenters. The third-order valence-corrected chi connectivity index (χ3v) is 4.83. The van der Waals surface area contributed by atoms with E-state index in [4.69, 9.17) is 23.6 Å². The van der Waals surface area contributed by atoms with E-state index in [1.807, 2.05) is 12.3 Å². The van der Waals surface area contributed by atoms with E-state index in [9.17, 15) is 5.11 Å². The van der Waals surface area contributed by atoms with Crippen LogP contribution in [0.2, 0.25) is 0 Å². The molecule has 158 valence electrons. The molecule has 0 aromatic heterocycles. The molecule has 0 unspecified atom stereocenters. The van der Waals surface area contributed by atoms with E-state index >= 15 is 0 Å². The fraction of sp³-hybridized carbons (Fsp3) is 0.458. The van der Waals surface area contributed by atoms with Crippen LogP contribution in [0.5, 0.6) is 5.75 Å². The van der Waals surface area contributed by atoms with Gasteiger partial charge in [0.15, 0.2) is 0 Å². The summed E-state index contributed by atoms with van der Waals surface area (Å²) in [6.07, 6.45) is 1.89. The van der Waals surface area contributed by atoms with Crippen molar-refractivity contribution in [2.45, 2.75) is 73.1 Å². The number of aromatic hydroxyl groups is 1. The summed E-state index contributed by atoms with van der Waals surface area (Å²) in [6.45, 7) is 19.2. The van der Waals surface area contributed by atoms with Crippen LogP contribution in [0.1, 0.15) is 74.9 Å². The van der Waals surface area contributed by atoms with Crippen LogP contribution in [0.25, 0.3) is 0 Å². The Bertz CT molecular complexity index is 855. The molecule has 0 heterocycles. The van der Waals surface area contributed by atoms with Crippen molar-refractivity contribution in [3.8, 4) is 5.75 Å². The second-order valence-corrected chi connectivity index (χ2v) is 12.1. The van der Waals surface area contributed by atoms with Gasteiger partial charge in [-0.2, -0.15) is 0 Å². The van der Waals surface area contributed by atoms with Crippen LogP contribution in [0.4, 0.5) is 5.69 Å². The second-order valence-electron chi connectivity index (χ2n) is 9.53. The maximum atomic E-state index is 10.9. The fourth-order valence-electron chi connectivity index (χ4n) is 3.25. The van der Waals surface area contributed by atoms with Gasteiger partial charge in [0.2, 0.25) is 0 Å². The minimum absolute atomic E-state index is 0.00629. The van der Waals surface area contributed by atoms with Gasteiger partial charge in [-0.05, 0) is 59.9 Å². The fourth-order valence-corrected chi connectivity index (χ4v) is 3.25. The van der Waals surface area contributed by atoms with Crippen LogP contribution >= 0.6 is 18.6 Å². The Labute approximate surface area is 193 Å². The second kappa shape index (κ2) is 10.5. The Morgan fingerprint density at radius 2 is 1.34 bits per heavy atom. The summed E-state index contributed by atoms with van der Waals surface area (Å²) in [6, 6.07) is 8.47. The first-order valence-electron chi connectivity index (χ1n) is 9.68. The molecule has 0 saturated carbocycles. The van der Waals surface area contributed by atoms with Crippen molar-refractivity contribution in [2.75, 3.05) is 0 Å². The van der Waals surface area contributed by atoms with Gasteiger partial charge in [0.25, 0.3) is 0 Å². The predicted molar refractivity (Wildman–Crippen MR) is 125 cm³/mol. The number of benzene rings is 2. The first kappa shape index (κ1) is 26.2. The first-order chi connectivity index (χ1) is 13.2. The number of phenolic OH excluding ortho intramolecular Hbond substituents is 1. The van der Waals surface area contributed by atoms with Crippen molar-refractivity contribution < 1.29 is 22.1 Å². The molecule has 0 radical (unpaired) electrons. The van der Waals surface area contributed by atoms with E-state index < -0.39 is 17.0 Å². The molecule has 0 amide bonds. The van der Waals surface area contributed by atoms with Crippen LogP contribution < -0.4 is 0 Å². The summed E-state index contributed by atoms with van der Waals surface area (Å²) < 4.78 is 0. The molecule has 29 heavy (non-hydrogen) atoms. The molecule has 0 bridgehead atoms. The molecule has 0 fully saturated rings. The minimum atomic E-state index is -0.556. The number of aryl methyl sites for hydroxylation is 3. The Morgan fingerprint density at radius 3 is 1.76 bits per heavy atom. The summed E-state index contributed by atoms with van der Waals surface area (Å²) >= 11 is -0.556. The summed E-state index contributed by atoms with van der Waals surface area (Å²) in [5.41, 5.74) is 7.39. The van der Waals surface area contributed by atoms with Crippen LogP contribution in [0.15, 0.2) is 29.3 Å². The van der Waals surface area contributed by atoms with E-state index in [1.54, 1.807) is 0 Å². The van der Waals surface area contributed by atoms with Crippen molar-refractivity contribution in [3.63, 3.8) is 0 Å². The monoisotopic (exact) mass is 469 g/mol. The van der Waals surface area contributed by atoms with Crippen molar-refractivity contribution in [2.24, 2.45) is 4.99 Å². The molecule has 1 N–H and O–H groups in total. The van der Waals surface area contributed by atoms with Gasteiger partial charge in [-0.15, -0.1) is 0 Å². The number of phenols is 1. The van der Waals surface area contributed by atoms with Gasteiger partial charge in [0.05, 0.1) is 0 Å². The molecule has 2 aromatic carbocycles. The number of hydrogen-bond acceptors (Lipinski definition) is 2. The van der Waals surface area contributed by atoms with Crippen LogP contribution in [0.3, 0.4) is 0 Å². The third-order valence-electron chi connectivity index (χ3n) is 4.83. The third kappa shape index (κ3) is 7.44. The average Bonchev–Trinajstić information content (AvgIpc) is 2.53. The Morgan fingerprint density at radius 1 is 0.862 bits per heavy atom. The summed E-state index contributed by atoms with van der Waals surface area (Å²) in [4.78, 5) is 4.70. The SMILES string of the molecule is Cc1cc(C)c(C=Nc2cc(C(C)(C)C)cc(C(C)(C)C)c2O)c(C)c1.[Cl][Ti][Cl]. The van der Waals surface area contributed by atoms with E-state index in [1.165, 1.54) is 22.3 Å². The molecule has 2 aromatic rings. The van der Waals surface area contributed by atoms with E-state index in [0.29, 0.717) is 5.69 Å². The van der Waals surface area contributed by atoms with Crippen molar-refractivity contribution in [1.29, 1.82) is 0 Å². The van der Waals surface area contributed by atoms with Crippen LogP contribution in [-0.4, -0.2) is 11.3 Å². The van der Waals surface area contributed by atoms with Gasteiger partial charge in [-0.3, -0.25) is 4.99 Å².